The lowest BCUT2D eigenvalue weighted by molar-refractivity contribution is 0.223. The molecule has 1 saturated heterocycles. The zero-order chi connectivity index (χ0) is 20.5. The Kier molecular flexibility index (Phi) is 7.73. The van der Waals surface area contributed by atoms with E-state index in [2.05, 4.69) is 57.6 Å². The first kappa shape index (κ1) is 21.0. The molecule has 1 aliphatic heterocycles. The summed E-state index contributed by atoms with van der Waals surface area (Å²) < 4.78 is 5.98. The second-order valence-electron chi connectivity index (χ2n) is 7.62. The molecular weight excluding hydrogens is 362 g/mol. The van der Waals surface area contributed by atoms with Crippen LogP contribution in [0.15, 0.2) is 47.6 Å². The Morgan fingerprint density at radius 2 is 2.00 bits per heavy atom. The lowest BCUT2D eigenvalue weighted by Crippen LogP contribution is -2.41. The van der Waals surface area contributed by atoms with Crippen LogP contribution < -0.4 is 20.3 Å². The summed E-state index contributed by atoms with van der Waals surface area (Å²) in [6, 6.07) is 12.3. The molecule has 1 unspecified atom stereocenters. The van der Waals surface area contributed by atoms with Gasteiger partial charge in [-0.3, -0.25) is 4.99 Å². The predicted molar refractivity (Wildman–Crippen MR) is 120 cm³/mol. The Bertz CT molecular complexity index is 801. The number of piperidine rings is 1. The monoisotopic (exact) mass is 395 g/mol. The van der Waals surface area contributed by atoms with Crippen molar-refractivity contribution < 1.29 is 4.74 Å². The third-order valence-electron chi connectivity index (χ3n) is 5.06. The molecule has 6 nitrogen and oxygen atoms in total. The maximum Gasteiger partial charge on any atom is 0.191 e. The molecule has 1 atom stereocenters. The van der Waals surface area contributed by atoms with E-state index in [1.54, 1.807) is 7.05 Å². The number of benzene rings is 1. The summed E-state index contributed by atoms with van der Waals surface area (Å²) in [6.45, 7) is 7.70. The van der Waals surface area contributed by atoms with E-state index in [-0.39, 0.29) is 6.10 Å². The number of nitrogens with zero attached hydrogens (tertiary/aromatic N) is 3. The number of aryl methyl sites for hydroxylation is 1. The van der Waals surface area contributed by atoms with Gasteiger partial charge in [-0.1, -0.05) is 12.1 Å². The van der Waals surface area contributed by atoms with Gasteiger partial charge in [0, 0.05) is 32.9 Å². The summed E-state index contributed by atoms with van der Waals surface area (Å²) in [6.07, 6.45) is 5.76. The largest absolute Gasteiger partial charge is 0.489 e. The Morgan fingerprint density at radius 1 is 1.17 bits per heavy atom. The summed E-state index contributed by atoms with van der Waals surface area (Å²) in [5.41, 5.74) is 2.40. The van der Waals surface area contributed by atoms with E-state index in [9.17, 15) is 0 Å². The van der Waals surface area contributed by atoms with Gasteiger partial charge >= 0.3 is 0 Å². The molecule has 0 saturated carbocycles. The fourth-order valence-corrected chi connectivity index (χ4v) is 3.48. The number of aromatic nitrogens is 1. The van der Waals surface area contributed by atoms with Gasteiger partial charge in [0.25, 0.3) is 0 Å². The first-order valence-corrected chi connectivity index (χ1v) is 10.5. The fraction of sp³-hybridized carbons (Fsp3) is 0.478. The number of pyridine rings is 1. The Hall–Kier alpha value is -2.76. The van der Waals surface area contributed by atoms with Crippen LogP contribution >= 0.6 is 0 Å². The van der Waals surface area contributed by atoms with Gasteiger partial charge in [0.05, 0.1) is 6.54 Å². The van der Waals surface area contributed by atoms with Crippen molar-refractivity contribution in [2.75, 3.05) is 31.6 Å². The van der Waals surface area contributed by atoms with E-state index < -0.39 is 0 Å². The average molecular weight is 396 g/mol. The van der Waals surface area contributed by atoms with Gasteiger partial charge in [-0.05, 0) is 68.5 Å². The van der Waals surface area contributed by atoms with Crippen molar-refractivity contribution in [3.05, 3.63) is 53.7 Å². The highest BCUT2D eigenvalue weighted by Gasteiger charge is 2.12. The molecule has 156 valence electrons. The highest BCUT2D eigenvalue weighted by atomic mass is 16.5. The lowest BCUT2D eigenvalue weighted by atomic mass is 10.1. The Labute approximate surface area is 174 Å². The summed E-state index contributed by atoms with van der Waals surface area (Å²) >= 11 is 0. The van der Waals surface area contributed by atoms with Crippen LogP contribution in [-0.2, 0) is 6.54 Å². The molecule has 0 bridgehead atoms. The molecule has 1 aromatic carbocycles. The minimum Gasteiger partial charge on any atom is -0.489 e. The van der Waals surface area contributed by atoms with Gasteiger partial charge in [-0.2, -0.15) is 0 Å². The number of aliphatic imine (C=N–C) groups is 1. The van der Waals surface area contributed by atoms with Gasteiger partial charge < -0.3 is 20.3 Å². The first-order valence-electron chi connectivity index (χ1n) is 10.5. The van der Waals surface area contributed by atoms with Crippen LogP contribution in [0.4, 0.5) is 5.82 Å². The van der Waals surface area contributed by atoms with Crippen molar-refractivity contribution in [3.63, 3.8) is 0 Å². The number of nitrogens with one attached hydrogen (secondary N) is 2. The van der Waals surface area contributed by atoms with E-state index in [1.165, 1.54) is 30.4 Å². The zero-order valence-corrected chi connectivity index (χ0v) is 17.8. The van der Waals surface area contributed by atoms with Crippen LogP contribution in [0.25, 0.3) is 0 Å². The molecule has 2 heterocycles. The molecular formula is C23H33N5O. The summed E-state index contributed by atoms with van der Waals surface area (Å²) in [4.78, 5) is 11.3. The highest BCUT2D eigenvalue weighted by molar-refractivity contribution is 5.79. The van der Waals surface area contributed by atoms with Crippen molar-refractivity contribution in [1.29, 1.82) is 0 Å². The predicted octanol–water partition coefficient (Wildman–Crippen LogP) is 3.51. The van der Waals surface area contributed by atoms with Crippen molar-refractivity contribution >= 4 is 11.8 Å². The van der Waals surface area contributed by atoms with Crippen LogP contribution in [0.3, 0.4) is 0 Å². The second kappa shape index (κ2) is 10.7. The van der Waals surface area contributed by atoms with Crippen LogP contribution in [0.5, 0.6) is 5.75 Å². The van der Waals surface area contributed by atoms with E-state index in [0.717, 1.165) is 30.6 Å². The number of ether oxygens (including phenoxy) is 1. The lowest BCUT2D eigenvalue weighted by Gasteiger charge is -2.28. The third-order valence-corrected chi connectivity index (χ3v) is 5.06. The normalized spacial score (nSPS) is 15.7. The topological polar surface area (TPSA) is 61.8 Å². The zero-order valence-electron chi connectivity index (χ0n) is 17.8. The first-order chi connectivity index (χ1) is 14.1. The number of anilines is 1. The quantitative estimate of drug-likeness (QED) is 0.555. The maximum absolute atomic E-state index is 5.98. The van der Waals surface area contributed by atoms with Crippen molar-refractivity contribution in [2.24, 2.45) is 4.99 Å². The van der Waals surface area contributed by atoms with Crippen molar-refractivity contribution in [2.45, 2.75) is 45.8 Å². The number of rotatable bonds is 7. The van der Waals surface area contributed by atoms with Crippen LogP contribution in [-0.4, -0.2) is 43.7 Å². The minimum absolute atomic E-state index is 0.0296. The summed E-state index contributed by atoms with van der Waals surface area (Å²) in [7, 11) is 1.78. The molecule has 1 fully saturated rings. The average Bonchev–Trinajstić information content (AvgIpc) is 2.75. The van der Waals surface area contributed by atoms with Crippen LogP contribution in [0.1, 0.15) is 37.3 Å². The number of guanidine groups is 1. The van der Waals surface area contributed by atoms with E-state index in [1.807, 2.05) is 24.4 Å². The fourth-order valence-electron chi connectivity index (χ4n) is 3.48. The van der Waals surface area contributed by atoms with Crippen molar-refractivity contribution in [1.82, 2.24) is 15.6 Å². The van der Waals surface area contributed by atoms with Gasteiger partial charge in [0.15, 0.2) is 5.96 Å². The van der Waals surface area contributed by atoms with Crippen LogP contribution in [0.2, 0.25) is 0 Å². The molecule has 0 spiro atoms. The minimum atomic E-state index is 0.0296. The maximum atomic E-state index is 5.98. The molecule has 1 aliphatic rings. The van der Waals surface area contributed by atoms with E-state index in [4.69, 9.17) is 4.74 Å². The smallest absolute Gasteiger partial charge is 0.191 e. The molecule has 0 amide bonds. The second-order valence-corrected chi connectivity index (χ2v) is 7.62. The molecule has 0 radical (unpaired) electrons. The third kappa shape index (κ3) is 6.66. The highest BCUT2D eigenvalue weighted by Crippen LogP contribution is 2.18. The molecule has 29 heavy (non-hydrogen) atoms. The molecule has 6 heteroatoms. The Balaban J connectivity index is 1.46. The van der Waals surface area contributed by atoms with E-state index in [0.29, 0.717) is 13.1 Å². The molecule has 3 rings (SSSR count). The SMILES string of the molecule is CN=C(NCc1ccnc(N2CCCCC2)c1)NCC(C)Oc1cccc(C)c1. The van der Waals surface area contributed by atoms with Crippen LogP contribution in [0, 0.1) is 6.92 Å². The van der Waals surface area contributed by atoms with Gasteiger partial charge in [-0.25, -0.2) is 4.98 Å². The standard InChI is InChI=1S/C23H33N5O/c1-18-8-7-9-21(14-18)29-19(2)16-26-23(24-3)27-17-20-10-11-25-22(15-20)28-12-5-4-6-13-28/h7-11,14-15,19H,4-6,12-13,16-17H2,1-3H3,(H2,24,26,27). The number of hydrogen-bond donors (Lipinski definition) is 2. The van der Waals surface area contributed by atoms with Gasteiger partial charge in [0.1, 0.15) is 17.7 Å². The summed E-state index contributed by atoms with van der Waals surface area (Å²) in [5, 5.41) is 6.72. The molecule has 2 aromatic rings. The van der Waals surface area contributed by atoms with Gasteiger partial charge in [0.2, 0.25) is 0 Å². The number of hydrogen-bond acceptors (Lipinski definition) is 4. The molecule has 2 N–H and O–H groups in total. The summed E-state index contributed by atoms with van der Waals surface area (Å²) in [5.74, 6) is 2.73. The van der Waals surface area contributed by atoms with E-state index >= 15 is 0 Å². The van der Waals surface area contributed by atoms with Crippen molar-refractivity contribution in [3.8, 4) is 5.75 Å². The molecule has 0 aliphatic carbocycles. The molecule has 1 aromatic heterocycles. The Morgan fingerprint density at radius 3 is 2.76 bits per heavy atom. The van der Waals surface area contributed by atoms with Gasteiger partial charge in [-0.15, -0.1) is 0 Å².